The van der Waals surface area contributed by atoms with Crippen molar-refractivity contribution in [2.24, 2.45) is 0 Å². The fourth-order valence-corrected chi connectivity index (χ4v) is 2.60. The van der Waals surface area contributed by atoms with Crippen LogP contribution in [0.5, 0.6) is 11.5 Å². The minimum absolute atomic E-state index is 0.137. The van der Waals surface area contributed by atoms with Gasteiger partial charge in [-0.25, -0.2) is 0 Å². The fourth-order valence-electron chi connectivity index (χ4n) is 2.60. The minimum atomic E-state index is 0.137. The Balaban J connectivity index is 2.01. The predicted octanol–water partition coefficient (Wildman–Crippen LogP) is 3.77. The van der Waals surface area contributed by atoms with Crippen molar-refractivity contribution in [2.75, 3.05) is 0 Å². The molecular formula is C18H23NO2. The molecule has 0 fully saturated rings. The van der Waals surface area contributed by atoms with Crippen LogP contribution >= 0.6 is 0 Å². The molecular weight excluding hydrogens is 262 g/mol. The average molecular weight is 285 g/mol. The molecule has 0 spiro atoms. The van der Waals surface area contributed by atoms with Gasteiger partial charge in [0, 0.05) is 17.6 Å². The number of nitrogens with one attached hydrogen (secondary N) is 1. The zero-order chi connectivity index (χ0) is 15.2. The number of benzene rings is 2. The molecule has 0 aromatic heterocycles. The van der Waals surface area contributed by atoms with E-state index >= 15 is 0 Å². The number of phenols is 2. The van der Waals surface area contributed by atoms with Gasteiger partial charge in [0.05, 0.1) is 0 Å². The van der Waals surface area contributed by atoms with E-state index in [2.05, 4.69) is 19.2 Å². The zero-order valence-corrected chi connectivity index (χ0v) is 12.6. The van der Waals surface area contributed by atoms with Crippen molar-refractivity contribution in [2.45, 2.75) is 38.8 Å². The molecule has 0 radical (unpaired) electrons. The van der Waals surface area contributed by atoms with Gasteiger partial charge in [-0.1, -0.05) is 37.3 Å². The first kappa shape index (κ1) is 15.4. The highest BCUT2D eigenvalue weighted by Crippen LogP contribution is 2.26. The second-order valence-electron chi connectivity index (χ2n) is 5.46. The molecule has 0 saturated heterocycles. The van der Waals surface area contributed by atoms with Gasteiger partial charge in [-0.15, -0.1) is 0 Å². The molecule has 21 heavy (non-hydrogen) atoms. The van der Waals surface area contributed by atoms with E-state index in [0.29, 0.717) is 11.5 Å². The lowest BCUT2D eigenvalue weighted by molar-refractivity contribution is 0.413. The van der Waals surface area contributed by atoms with Crippen LogP contribution < -0.4 is 5.32 Å². The molecule has 0 saturated carbocycles. The number of aromatic hydroxyl groups is 2. The summed E-state index contributed by atoms with van der Waals surface area (Å²) >= 11 is 0. The second-order valence-corrected chi connectivity index (χ2v) is 5.46. The third-order valence-corrected chi connectivity index (χ3v) is 3.68. The average Bonchev–Trinajstić information content (AvgIpc) is 2.48. The van der Waals surface area contributed by atoms with Crippen LogP contribution in [0.25, 0.3) is 0 Å². The van der Waals surface area contributed by atoms with Crippen LogP contribution in [0.3, 0.4) is 0 Å². The number of hydrogen-bond acceptors (Lipinski definition) is 3. The van der Waals surface area contributed by atoms with Crippen molar-refractivity contribution in [1.82, 2.24) is 5.32 Å². The van der Waals surface area contributed by atoms with Crippen LogP contribution in [0.4, 0.5) is 0 Å². The van der Waals surface area contributed by atoms with E-state index in [4.69, 9.17) is 0 Å². The standard InChI is InChI=1S/C18H23NO2/c1-3-17(16-6-4-5-7-18(16)21)19-13(2)12-14-8-10-15(20)11-9-14/h4-11,13,17,19-21H,3,12H2,1-2H3. The van der Waals surface area contributed by atoms with Crippen molar-refractivity contribution in [3.63, 3.8) is 0 Å². The Bertz CT molecular complexity index is 566. The highest BCUT2D eigenvalue weighted by atomic mass is 16.3. The van der Waals surface area contributed by atoms with Gasteiger partial charge >= 0.3 is 0 Å². The van der Waals surface area contributed by atoms with Crippen LogP contribution in [0.1, 0.15) is 37.4 Å². The van der Waals surface area contributed by atoms with Crippen molar-refractivity contribution in [1.29, 1.82) is 0 Å². The first-order valence-electron chi connectivity index (χ1n) is 7.42. The van der Waals surface area contributed by atoms with E-state index in [1.54, 1.807) is 18.2 Å². The van der Waals surface area contributed by atoms with Crippen LogP contribution in [-0.4, -0.2) is 16.3 Å². The quantitative estimate of drug-likeness (QED) is 0.757. The highest BCUT2D eigenvalue weighted by molar-refractivity contribution is 5.34. The molecule has 2 aromatic rings. The number of para-hydroxylation sites is 1. The Labute approximate surface area is 126 Å². The van der Waals surface area contributed by atoms with E-state index in [1.807, 2.05) is 30.3 Å². The highest BCUT2D eigenvalue weighted by Gasteiger charge is 2.15. The van der Waals surface area contributed by atoms with Gasteiger partial charge in [0.15, 0.2) is 0 Å². The SMILES string of the molecule is CCC(NC(C)Cc1ccc(O)cc1)c1ccccc1O. The Morgan fingerprint density at radius 1 is 1.00 bits per heavy atom. The van der Waals surface area contributed by atoms with Gasteiger partial charge < -0.3 is 15.5 Å². The third-order valence-electron chi connectivity index (χ3n) is 3.68. The summed E-state index contributed by atoms with van der Waals surface area (Å²) in [6.45, 7) is 4.24. The van der Waals surface area contributed by atoms with Crippen LogP contribution in [0.15, 0.2) is 48.5 Å². The monoisotopic (exact) mass is 285 g/mol. The summed E-state index contributed by atoms with van der Waals surface area (Å²) in [7, 11) is 0. The molecule has 2 rings (SSSR count). The molecule has 3 N–H and O–H groups in total. The number of phenolic OH excluding ortho intramolecular Hbond substituents is 2. The molecule has 0 aliphatic rings. The van der Waals surface area contributed by atoms with Gasteiger partial charge in [0.1, 0.15) is 11.5 Å². The van der Waals surface area contributed by atoms with Gasteiger partial charge in [-0.2, -0.15) is 0 Å². The Kier molecular flexibility index (Phi) is 5.23. The summed E-state index contributed by atoms with van der Waals surface area (Å²) in [5.74, 6) is 0.633. The number of hydrogen-bond donors (Lipinski definition) is 3. The van der Waals surface area contributed by atoms with Crippen molar-refractivity contribution in [3.8, 4) is 11.5 Å². The Morgan fingerprint density at radius 2 is 1.67 bits per heavy atom. The molecule has 0 aliphatic heterocycles. The van der Waals surface area contributed by atoms with Crippen molar-refractivity contribution >= 4 is 0 Å². The summed E-state index contributed by atoms with van der Waals surface area (Å²) in [6.07, 6.45) is 1.79. The van der Waals surface area contributed by atoms with Crippen LogP contribution in [-0.2, 0) is 6.42 Å². The summed E-state index contributed by atoms with van der Waals surface area (Å²) < 4.78 is 0. The molecule has 2 atom stereocenters. The minimum Gasteiger partial charge on any atom is -0.508 e. The Morgan fingerprint density at radius 3 is 2.29 bits per heavy atom. The van der Waals surface area contributed by atoms with E-state index in [-0.39, 0.29) is 12.1 Å². The third kappa shape index (κ3) is 4.23. The van der Waals surface area contributed by atoms with Gasteiger partial charge in [0.2, 0.25) is 0 Å². The summed E-state index contributed by atoms with van der Waals surface area (Å²) in [6, 6.07) is 15.2. The smallest absolute Gasteiger partial charge is 0.120 e. The molecule has 2 unspecified atom stereocenters. The lowest BCUT2D eigenvalue weighted by atomic mass is 10.0. The van der Waals surface area contributed by atoms with E-state index in [1.165, 1.54) is 5.56 Å². The maximum atomic E-state index is 9.98. The largest absolute Gasteiger partial charge is 0.508 e. The van der Waals surface area contributed by atoms with E-state index in [0.717, 1.165) is 18.4 Å². The van der Waals surface area contributed by atoms with Gasteiger partial charge in [0.25, 0.3) is 0 Å². The first-order valence-corrected chi connectivity index (χ1v) is 7.42. The summed E-state index contributed by atoms with van der Waals surface area (Å²) in [4.78, 5) is 0. The van der Waals surface area contributed by atoms with E-state index in [9.17, 15) is 10.2 Å². The molecule has 0 heterocycles. The zero-order valence-electron chi connectivity index (χ0n) is 12.6. The maximum Gasteiger partial charge on any atom is 0.120 e. The van der Waals surface area contributed by atoms with E-state index < -0.39 is 0 Å². The summed E-state index contributed by atoms with van der Waals surface area (Å²) in [5, 5.41) is 22.9. The van der Waals surface area contributed by atoms with Crippen LogP contribution in [0.2, 0.25) is 0 Å². The van der Waals surface area contributed by atoms with Gasteiger partial charge in [-0.05, 0) is 43.5 Å². The van der Waals surface area contributed by atoms with Crippen molar-refractivity contribution in [3.05, 3.63) is 59.7 Å². The van der Waals surface area contributed by atoms with Gasteiger partial charge in [-0.3, -0.25) is 0 Å². The predicted molar refractivity (Wildman–Crippen MR) is 85.5 cm³/mol. The molecule has 3 nitrogen and oxygen atoms in total. The lowest BCUT2D eigenvalue weighted by Gasteiger charge is -2.23. The normalized spacial score (nSPS) is 13.8. The fraction of sp³-hybridized carbons (Fsp3) is 0.333. The molecule has 0 bridgehead atoms. The Hall–Kier alpha value is -2.00. The molecule has 0 amide bonds. The molecule has 0 aliphatic carbocycles. The van der Waals surface area contributed by atoms with Crippen LogP contribution in [0, 0.1) is 0 Å². The number of rotatable bonds is 6. The maximum absolute atomic E-state index is 9.98. The molecule has 2 aromatic carbocycles. The van der Waals surface area contributed by atoms with Crippen molar-refractivity contribution < 1.29 is 10.2 Å². The lowest BCUT2D eigenvalue weighted by Crippen LogP contribution is -2.32. The second kappa shape index (κ2) is 7.14. The topological polar surface area (TPSA) is 52.5 Å². The first-order chi connectivity index (χ1) is 10.1. The summed E-state index contributed by atoms with van der Waals surface area (Å²) in [5.41, 5.74) is 2.12. The molecule has 3 heteroatoms. The molecule has 112 valence electrons.